The molecule has 2 heteroatoms. The summed E-state index contributed by atoms with van der Waals surface area (Å²) in [7, 11) is 0. The smallest absolute Gasteiger partial charge is 0.110 e. The molecule has 0 aromatic heterocycles. The molecule has 3 unspecified atom stereocenters. The summed E-state index contributed by atoms with van der Waals surface area (Å²) in [6.07, 6.45) is 2.77. The van der Waals surface area contributed by atoms with Gasteiger partial charge in [0.2, 0.25) is 0 Å². The largest absolute Gasteiger partial charge is 0.383 e. The number of fused-ring (bicyclic) bond motifs is 2. The molecule has 0 saturated heterocycles. The van der Waals surface area contributed by atoms with Gasteiger partial charge in [0.15, 0.2) is 0 Å². The van der Waals surface area contributed by atoms with Gasteiger partial charge in [-0.2, -0.15) is 0 Å². The third kappa shape index (κ3) is 1.90. The molecule has 2 aromatic carbocycles. The van der Waals surface area contributed by atoms with Crippen molar-refractivity contribution in [1.29, 1.82) is 0 Å². The highest BCUT2D eigenvalue weighted by Crippen LogP contribution is 2.46. The van der Waals surface area contributed by atoms with E-state index in [0.717, 1.165) is 24.8 Å². The number of nitrogens with one attached hydrogen (secondary N) is 1. The van der Waals surface area contributed by atoms with Crippen LogP contribution in [0.5, 0.6) is 0 Å². The Morgan fingerprint density at radius 1 is 1.10 bits per heavy atom. The summed E-state index contributed by atoms with van der Waals surface area (Å²) in [6, 6.07) is 16.9. The van der Waals surface area contributed by atoms with E-state index in [1.807, 2.05) is 6.07 Å². The molecule has 2 aromatic rings. The minimum absolute atomic E-state index is 0.0727. The highest BCUT2D eigenvalue weighted by atomic mass is 16.3. The molecule has 0 bridgehead atoms. The molecule has 108 valence electrons. The van der Waals surface area contributed by atoms with Crippen LogP contribution in [0.4, 0.5) is 5.69 Å². The predicted octanol–water partition coefficient (Wildman–Crippen LogP) is 3.81. The van der Waals surface area contributed by atoms with E-state index in [1.165, 1.54) is 16.8 Å². The molecule has 2 nitrogen and oxygen atoms in total. The average Bonchev–Trinajstić information content (AvgIpc) is 2.96. The summed E-state index contributed by atoms with van der Waals surface area (Å²) in [5.74, 6) is 0.533. The van der Waals surface area contributed by atoms with Crippen LogP contribution in [0.15, 0.2) is 48.5 Å². The lowest BCUT2D eigenvalue weighted by atomic mass is 9.70. The third-order valence-corrected chi connectivity index (χ3v) is 5.26. The second-order valence-corrected chi connectivity index (χ2v) is 6.51. The highest BCUT2D eigenvalue weighted by Gasteiger charge is 2.45. The fourth-order valence-corrected chi connectivity index (χ4v) is 4.00. The number of hydrogen-bond acceptors (Lipinski definition) is 2. The van der Waals surface area contributed by atoms with Crippen molar-refractivity contribution in [3.05, 3.63) is 65.2 Å². The molecule has 0 amide bonds. The monoisotopic (exact) mass is 279 g/mol. The quantitative estimate of drug-likeness (QED) is 0.832. The van der Waals surface area contributed by atoms with Gasteiger partial charge in [-0.3, -0.25) is 0 Å². The Kier molecular flexibility index (Phi) is 2.83. The second-order valence-electron chi connectivity index (χ2n) is 6.51. The van der Waals surface area contributed by atoms with Crippen LogP contribution >= 0.6 is 0 Å². The van der Waals surface area contributed by atoms with Crippen molar-refractivity contribution in [3.63, 3.8) is 0 Å². The zero-order valence-electron chi connectivity index (χ0n) is 12.3. The Bertz CT molecular complexity index is 656. The van der Waals surface area contributed by atoms with Crippen LogP contribution in [-0.4, -0.2) is 11.1 Å². The summed E-state index contributed by atoms with van der Waals surface area (Å²) >= 11 is 0. The van der Waals surface area contributed by atoms with Gasteiger partial charge >= 0.3 is 0 Å². The first-order chi connectivity index (χ1) is 10.2. The van der Waals surface area contributed by atoms with Crippen molar-refractivity contribution >= 4 is 5.69 Å². The number of hydrogen-bond donors (Lipinski definition) is 2. The molecule has 0 radical (unpaired) electrons. The van der Waals surface area contributed by atoms with E-state index < -0.39 is 5.60 Å². The SMILES string of the molecule is CC1CCC(O)(C2Cc3ccccc3N2)c2ccccc21. The lowest BCUT2D eigenvalue weighted by Gasteiger charge is -2.41. The van der Waals surface area contributed by atoms with Gasteiger partial charge in [0.05, 0.1) is 6.04 Å². The molecule has 0 spiro atoms. The van der Waals surface area contributed by atoms with Crippen molar-refractivity contribution in [2.24, 2.45) is 0 Å². The van der Waals surface area contributed by atoms with Crippen molar-refractivity contribution in [2.75, 3.05) is 5.32 Å². The van der Waals surface area contributed by atoms with Crippen molar-refractivity contribution in [3.8, 4) is 0 Å². The summed E-state index contributed by atoms with van der Waals surface area (Å²) < 4.78 is 0. The molecule has 4 rings (SSSR count). The summed E-state index contributed by atoms with van der Waals surface area (Å²) in [5.41, 5.74) is 4.15. The lowest BCUT2D eigenvalue weighted by molar-refractivity contribution is -0.00153. The molecular weight excluding hydrogens is 258 g/mol. The first-order valence-corrected chi connectivity index (χ1v) is 7.85. The van der Waals surface area contributed by atoms with Crippen molar-refractivity contribution in [2.45, 2.75) is 43.7 Å². The minimum Gasteiger partial charge on any atom is -0.383 e. The number of rotatable bonds is 1. The van der Waals surface area contributed by atoms with E-state index in [2.05, 4.69) is 54.7 Å². The van der Waals surface area contributed by atoms with Gasteiger partial charge in [-0.15, -0.1) is 0 Å². The van der Waals surface area contributed by atoms with Crippen LogP contribution in [0.25, 0.3) is 0 Å². The Labute approximate surface area is 125 Å². The zero-order valence-corrected chi connectivity index (χ0v) is 12.3. The predicted molar refractivity (Wildman–Crippen MR) is 85.5 cm³/mol. The molecule has 2 N–H and O–H groups in total. The molecule has 1 aliphatic heterocycles. The first-order valence-electron chi connectivity index (χ1n) is 7.85. The number of anilines is 1. The number of benzene rings is 2. The Balaban J connectivity index is 1.75. The molecular formula is C19H21NO. The lowest BCUT2D eigenvalue weighted by Crippen LogP contribution is -2.46. The van der Waals surface area contributed by atoms with Crippen LogP contribution < -0.4 is 5.32 Å². The minimum atomic E-state index is -0.762. The van der Waals surface area contributed by atoms with E-state index in [4.69, 9.17) is 0 Å². The Morgan fingerprint density at radius 2 is 1.86 bits per heavy atom. The topological polar surface area (TPSA) is 32.3 Å². The van der Waals surface area contributed by atoms with E-state index in [1.54, 1.807) is 0 Å². The summed E-state index contributed by atoms with van der Waals surface area (Å²) in [4.78, 5) is 0. The molecule has 3 atom stereocenters. The van der Waals surface area contributed by atoms with Gasteiger partial charge in [0.25, 0.3) is 0 Å². The molecule has 0 saturated carbocycles. The van der Waals surface area contributed by atoms with Crippen LogP contribution in [0.3, 0.4) is 0 Å². The molecule has 21 heavy (non-hydrogen) atoms. The molecule has 0 fully saturated rings. The zero-order chi connectivity index (χ0) is 14.4. The van der Waals surface area contributed by atoms with E-state index in [0.29, 0.717) is 5.92 Å². The summed E-state index contributed by atoms with van der Waals surface area (Å²) in [6.45, 7) is 2.26. The van der Waals surface area contributed by atoms with Gasteiger partial charge < -0.3 is 10.4 Å². The van der Waals surface area contributed by atoms with Gasteiger partial charge in [0.1, 0.15) is 5.60 Å². The second kappa shape index (κ2) is 4.60. The first kappa shape index (κ1) is 12.9. The summed E-state index contributed by atoms with van der Waals surface area (Å²) in [5, 5.41) is 15.0. The van der Waals surface area contributed by atoms with Crippen LogP contribution in [0.1, 0.15) is 42.4 Å². The highest BCUT2D eigenvalue weighted by molar-refractivity contribution is 5.58. The van der Waals surface area contributed by atoms with E-state index in [9.17, 15) is 5.11 Å². The maximum absolute atomic E-state index is 11.5. The molecule has 1 aliphatic carbocycles. The van der Waals surface area contributed by atoms with Crippen LogP contribution in [0.2, 0.25) is 0 Å². The van der Waals surface area contributed by atoms with Gasteiger partial charge in [0, 0.05) is 5.69 Å². The Hall–Kier alpha value is -1.80. The average molecular weight is 279 g/mol. The molecule has 2 aliphatic rings. The maximum Gasteiger partial charge on any atom is 0.110 e. The fraction of sp³-hybridized carbons (Fsp3) is 0.368. The fourth-order valence-electron chi connectivity index (χ4n) is 4.00. The normalized spacial score (nSPS) is 30.4. The van der Waals surface area contributed by atoms with Crippen molar-refractivity contribution in [1.82, 2.24) is 0 Å². The third-order valence-electron chi connectivity index (χ3n) is 5.26. The van der Waals surface area contributed by atoms with E-state index in [-0.39, 0.29) is 6.04 Å². The van der Waals surface area contributed by atoms with Gasteiger partial charge in [-0.05, 0) is 47.9 Å². The van der Waals surface area contributed by atoms with E-state index >= 15 is 0 Å². The number of para-hydroxylation sites is 1. The van der Waals surface area contributed by atoms with Crippen molar-refractivity contribution < 1.29 is 5.11 Å². The van der Waals surface area contributed by atoms with Crippen LogP contribution in [-0.2, 0) is 12.0 Å². The van der Waals surface area contributed by atoms with Gasteiger partial charge in [-0.25, -0.2) is 0 Å². The van der Waals surface area contributed by atoms with Crippen LogP contribution in [0, 0.1) is 0 Å². The molecule has 1 heterocycles. The van der Waals surface area contributed by atoms with Gasteiger partial charge in [-0.1, -0.05) is 49.4 Å². The standard InChI is InChI=1S/C19H21NO/c1-13-10-11-19(21,16-8-4-3-7-15(13)16)18-12-14-6-2-5-9-17(14)20-18/h2-9,13,18,20-21H,10-12H2,1H3. The Morgan fingerprint density at radius 3 is 2.71 bits per heavy atom. The maximum atomic E-state index is 11.5. The number of aliphatic hydroxyl groups is 1.